The van der Waals surface area contributed by atoms with E-state index in [0.717, 1.165) is 31.9 Å². The second-order valence-corrected chi connectivity index (χ2v) is 7.58. The molecule has 3 fully saturated rings. The van der Waals surface area contributed by atoms with Gasteiger partial charge in [0.2, 0.25) is 11.8 Å². The summed E-state index contributed by atoms with van der Waals surface area (Å²) in [4.78, 5) is 29.4. The molecule has 1 aromatic rings. The van der Waals surface area contributed by atoms with E-state index < -0.39 is 5.92 Å². The van der Waals surface area contributed by atoms with E-state index in [0.29, 0.717) is 49.5 Å². The summed E-state index contributed by atoms with van der Waals surface area (Å²) in [7, 11) is 0. The Morgan fingerprint density at radius 2 is 1.78 bits per heavy atom. The van der Waals surface area contributed by atoms with Gasteiger partial charge >= 0.3 is 0 Å². The number of amides is 2. The minimum absolute atomic E-state index is 0. The van der Waals surface area contributed by atoms with E-state index in [1.807, 2.05) is 23.1 Å². The molecule has 0 radical (unpaired) electrons. The van der Waals surface area contributed by atoms with Gasteiger partial charge < -0.3 is 24.6 Å². The molecule has 5 rings (SSSR count). The molecule has 0 bridgehead atoms. The summed E-state index contributed by atoms with van der Waals surface area (Å²) >= 11 is 0. The van der Waals surface area contributed by atoms with Crippen molar-refractivity contribution in [1.82, 2.24) is 10.2 Å². The monoisotopic (exact) mass is 393 g/mol. The molecule has 1 N–H and O–H groups in total. The normalized spacial score (nSPS) is 28.9. The fourth-order valence-corrected chi connectivity index (χ4v) is 4.62. The lowest BCUT2D eigenvalue weighted by Crippen LogP contribution is -2.40. The SMILES string of the molecule is Cl.O=C(C1CCN(c2ccc3c(c2)OCCO3)C1=O)N1C[C@H]2CNC[C@H]2C1. The largest absolute Gasteiger partial charge is 0.486 e. The van der Waals surface area contributed by atoms with Crippen LogP contribution in [0.5, 0.6) is 11.5 Å². The molecule has 1 aromatic carbocycles. The first-order valence-electron chi connectivity index (χ1n) is 9.41. The van der Waals surface area contributed by atoms with Crippen LogP contribution in [-0.2, 0) is 9.59 Å². The number of carbonyl (C=O) groups excluding carboxylic acids is 2. The lowest BCUT2D eigenvalue weighted by molar-refractivity contribution is -0.139. The molecular formula is C19H24ClN3O4. The Kier molecular flexibility index (Phi) is 4.90. The van der Waals surface area contributed by atoms with Gasteiger partial charge in [-0.2, -0.15) is 0 Å². The van der Waals surface area contributed by atoms with E-state index in [-0.39, 0.29) is 24.2 Å². The number of nitrogens with one attached hydrogen (secondary N) is 1. The highest BCUT2D eigenvalue weighted by atomic mass is 35.5. The number of nitrogens with zero attached hydrogens (tertiary/aromatic N) is 2. The van der Waals surface area contributed by atoms with Gasteiger partial charge in [0.05, 0.1) is 0 Å². The van der Waals surface area contributed by atoms with Gasteiger partial charge in [-0.1, -0.05) is 0 Å². The average Bonchev–Trinajstić information content (AvgIpc) is 3.35. The summed E-state index contributed by atoms with van der Waals surface area (Å²) in [5.41, 5.74) is 0.775. The highest BCUT2D eigenvalue weighted by Gasteiger charge is 2.44. The molecule has 3 atom stereocenters. The zero-order valence-corrected chi connectivity index (χ0v) is 15.9. The van der Waals surface area contributed by atoms with Crippen molar-refractivity contribution in [1.29, 1.82) is 0 Å². The lowest BCUT2D eigenvalue weighted by Gasteiger charge is -2.23. The van der Waals surface area contributed by atoms with Crippen LogP contribution in [0.25, 0.3) is 0 Å². The van der Waals surface area contributed by atoms with Crippen LogP contribution in [0.2, 0.25) is 0 Å². The highest BCUT2D eigenvalue weighted by molar-refractivity contribution is 6.09. The Balaban J connectivity index is 0.00000180. The predicted molar refractivity (Wildman–Crippen MR) is 102 cm³/mol. The van der Waals surface area contributed by atoms with E-state index in [9.17, 15) is 9.59 Å². The van der Waals surface area contributed by atoms with Gasteiger partial charge in [-0.15, -0.1) is 12.4 Å². The Labute approximate surface area is 164 Å². The third kappa shape index (κ3) is 3.12. The molecule has 0 aromatic heterocycles. The molecular weight excluding hydrogens is 370 g/mol. The second-order valence-electron chi connectivity index (χ2n) is 7.58. The summed E-state index contributed by atoms with van der Waals surface area (Å²) in [5, 5.41) is 3.38. The topological polar surface area (TPSA) is 71.1 Å². The maximum Gasteiger partial charge on any atom is 0.239 e. The molecule has 0 saturated carbocycles. The molecule has 146 valence electrons. The minimum Gasteiger partial charge on any atom is -0.486 e. The van der Waals surface area contributed by atoms with Gasteiger partial charge in [0, 0.05) is 44.5 Å². The first kappa shape index (κ1) is 18.4. The first-order chi connectivity index (χ1) is 12.7. The molecule has 1 unspecified atom stereocenters. The summed E-state index contributed by atoms with van der Waals surface area (Å²) < 4.78 is 11.1. The predicted octanol–water partition coefficient (Wildman–Crippen LogP) is 0.910. The molecule has 2 amide bonds. The highest BCUT2D eigenvalue weighted by Crippen LogP contribution is 2.37. The zero-order chi connectivity index (χ0) is 17.7. The van der Waals surface area contributed by atoms with Crippen LogP contribution in [0.1, 0.15) is 6.42 Å². The number of hydrogen-bond acceptors (Lipinski definition) is 5. The quantitative estimate of drug-likeness (QED) is 0.756. The van der Waals surface area contributed by atoms with E-state index in [2.05, 4.69) is 5.32 Å². The Hall–Kier alpha value is -1.99. The van der Waals surface area contributed by atoms with E-state index in [1.54, 1.807) is 4.90 Å². The smallest absolute Gasteiger partial charge is 0.239 e. The first-order valence-corrected chi connectivity index (χ1v) is 9.41. The molecule has 4 aliphatic rings. The molecule has 3 saturated heterocycles. The van der Waals surface area contributed by atoms with Crippen molar-refractivity contribution in [2.45, 2.75) is 6.42 Å². The fourth-order valence-electron chi connectivity index (χ4n) is 4.62. The Morgan fingerprint density at radius 3 is 2.52 bits per heavy atom. The van der Waals surface area contributed by atoms with Crippen LogP contribution in [-0.4, -0.2) is 62.7 Å². The number of benzene rings is 1. The van der Waals surface area contributed by atoms with Crippen molar-refractivity contribution in [3.8, 4) is 11.5 Å². The van der Waals surface area contributed by atoms with Crippen molar-refractivity contribution in [2.24, 2.45) is 17.8 Å². The van der Waals surface area contributed by atoms with Crippen LogP contribution < -0.4 is 19.7 Å². The summed E-state index contributed by atoms with van der Waals surface area (Å²) in [6.07, 6.45) is 0.580. The van der Waals surface area contributed by atoms with Gasteiger partial charge in [-0.3, -0.25) is 9.59 Å². The molecule has 0 aliphatic carbocycles. The van der Waals surface area contributed by atoms with Crippen LogP contribution in [0.4, 0.5) is 5.69 Å². The maximum atomic E-state index is 12.9. The van der Waals surface area contributed by atoms with E-state index in [1.165, 1.54) is 0 Å². The van der Waals surface area contributed by atoms with Gasteiger partial charge in [-0.05, 0) is 30.4 Å². The number of anilines is 1. The number of fused-ring (bicyclic) bond motifs is 2. The summed E-state index contributed by atoms with van der Waals surface area (Å²) in [6.45, 7) is 5.15. The molecule has 27 heavy (non-hydrogen) atoms. The maximum absolute atomic E-state index is 12.9. The lowest BCUT2D eigenvalue weighted by atomic mass is 10.0. The van der Waals surface area contributed by atoms with E-state index in [4.69, 9.17) is 9.47 Å². The van der Waals surface area contributed by atoms with Crippen molar-refractivity contribution in [3.63, 3.8) is 0 Å². The van der Waals surface area contributed by atoms with Gasteiger partial charge in [0.1, 0.15) is 19.1 Å². The molecule has 8 heteroatoms. The van der Waals surface area contributed by atoms with Crippen LogP contribution in [0.15, 0.2) is 18.2 Å². The van der Waals surface area contributed by atoms with Gasteiger partial charge in [0.15, 0.2) is 11.5 Å². The summed E-state index contributed by atoms with van der Waals surface area (Å²) in [5.74, 6) is 1.82. The molecule has 7 nitrogen and oxygen atoms in total. The zero-order valence-electron chi connectivity index (χ0n) is 15.1. The Bertz CT molecular complexity index is 746. The number of rotatable bonds is 2. The van der Waals surface area contributed by atoms with Crippen LogP contribution in [0.3, 0.4) is 0 Å². The molecule has 4 heterocycles. The van der Waals surface area contributed by atoms with Crippen molar-refractivity contribution >= 4 is 29.9 Å². The second kappa shape index (κ2) is 7.20. The van der Waals surface area contributed by atoms with Crippen LogP contribution in [0, 0.1) is 17.8 Å². The van der Waals surface area contributed by atoms with Crippen molar-refractivity contribution in [2.75, 3.05) is 50.8 Å². The van der Waals surface area contributed by atoms with Crippen LogP contribution >= 0.6 is 12.4 Å². The van der Waals surface area contributed by atoms with Gasteiger partial charge in [0.25, 0.3) is 0 Å². The summed E-state index contributed by atoms with van der Waals surface area (Å²) in [6, 6.07) is 5.54. The number of halogens is 1. The third-order valence-electron chi connectivity index (χ3n) is 6.04. The van der Waals surface area contributed by atoms with Crippen molar-refractivity contribution in [3.05, 3.63) is 18.2 Å². The number of ether oxygens (including phenoxy) is 2. The molecule has 4 aliphatic heterocycles. The fraction of sp³-hybridized carbons (Fsp3) is 0.579. The number of likely N-dealkylation sites (tertiary alicyclic amines) is 1. The molecule has 0 spiro atoms. The number of carbonyl (C=O) groups is 2. The minimum atomic E-state index is -0.546. The standard InChI is InChI=1S/C19H23N3O4.ClH/c23-18(21-10-12-8-20-9-13(12)11-21)15-3-4-22(19(15)24)14-1-2-16-17(7-14)26-6-5-25-16;/h1-2,7,12-13,15,20H,3-6,8-11H2;1H/t12-,13+,15?;. The average molecular weight is 394 g/mol. The Morgan fingerprint density at radius 1 is 1.07 bits per heavy atom. The van der Waals surface area contributed by atoms with E-state index >= 15 is 0 Å². The van der Waals surface area contributed by atoms with Crippen molar-refractivity contribution < 1.29 is 19.1 Å². The number of hydrogen-bond donors (Lipinski definition) is 1. The van der Waals surface area contributed by atoms with Gasteiger partial charge in [-0.25, -0.2) is 0 Å². The third-order valence-corrected chi connectivity index (χ3v) is 6.04.